The third-order valence-corrected chi connectivity index (χ3v) is 4.79. The number of nitrogens with zero attached hydrogens (tertiary/aromatic N) is 2. The van der Waals surface area contributed by atoms with Crippen molar-refractivity contribution in [2.24, 2.45) is 0 Å². The van der Waals surface area contributed by atoms with E-state index in [1.54, 1.807) is 11.0 Å². The van der Waals surface area contributed by atoms with Crippen molar-refractivity contribution in [1.29, 1.82) is 0 Å². The second-order valence-corrected chi connectivity index (χ2v) is 8.31. The summed E-state index contributed by atoms with van der Waals surface area (Å²) in [5, 5.41) is 0. The highest BCUT2D eigenvalue weighted by Crippen LogP contribution is 2.30. The molecule has 0 radical (unpaired) electrons. The molecule has 2 rings (SSSR count). The van der Waals surface area contributed by atoms with Crippen LogP contribution in [0.15, 0.2) is 24.3 Å². The monoisotopic (exact) mass is 386 g/mol. The summed E-state index contributed by atoms with van der Waals surface area (Å²) in [5.41, 5.74) is -0.524. The van der Waals surface area contributed by atoms with Crippen LogP contribution in [0.2, 0.25) is 0 Å². The molecule has 1 heterocycles. The molecule has 7 heteroatoms. The van der Waals surface area contributed by atoms with Crippen LogP contribution in [0.5, 0.6) is 0 Å². The first-order valence-corrected chi connectivity index (χ1v) is 9.23. The van der Waals surface area contributed by atoms with Gasteiger partial charge in [-0.15, -0.1) is 0 Å². The Morgan fingerprint density at radius 2 is 1.96 bits per heavy atom. The molecular weight excluding hydrogens is 357 g/mol. The number of carbonyl (C=O) groups excluding carboxylic acids is 1. The Hall–Kier alpha value is -1.76. The fourth-order valence-corrected chi connectivity index (χ4v) is 3.40. The minimum atomic E-state index is -4.33. The second kappa shape index (κ2) is 8.09. The van der Waals surface area contributed by atoms with Crippen molar-refractivity contribution < 1.29 is 22.7 Å². The van der Waals surface area contributed by atoms with Gasteiger partial charge in [0, 0.05) is 25.2 Å². The molecule has 0 N–H and O–H groups in total. The number of ether oxygens (including phenoxy) is 1. The highest BCUT2D eigenvalue weighted by atomic mass is 19.4. The molecule has 1 aliphatic rings. The lowest BCUT2D eigenvalue weighted by Crippen LogP contribution is -2.51. The maximum Gasteiger partial charge on any atom is 0.416 e. The van der Waals surface area contributed by atoms with Crippen molar-refractivity contribution in [3.63, 3.8) is 0 Å². The van der Waals surface area contributed by atoms with Crippen LogP contribution in [0.1, 0.15) is 51.7 Å². The molecule has 1 aliphatic heterocycles. The van der Waals surface area contributed by atoms with Crippen LogP contribution < -0.4 is 0 Å². The van der Waals surface area contributed by atoms with Crippen LogP contribution in [0.3, 0.4) is 0 Å². The minimum Gasteiger partial charge on any atom is -0.444 e. The highest BCUT2D eigenvalue weighted by molar-refractivity contribution is 5.68. The topological polar surface area (TPSA) is 32.8 Å². The van der Waals surface area contributed by atoms with Crippen LogP contribution in [-0.2, 0) is 17.5 Å². The lowest BCUT2D eigenvalue weighted by Gasteiger charge is -2.41. The molecule has 27 heavy (non-hydrogen) atoms. The van der Waals surface area contributed by atoms with E-state index in [4.69, 9.17) is 4.74 Å². The van der Waals surface area contributed by atoms with Gasteiger partial charge in [0.1, 0.15) is 5.60 Å². The summed E-state index contributed by atoms with van der Waals surface area (Å²) >= 11 is 0. The summed E-state index contributed by atoms with van der Waals surface area (Å²) in [4.78, 5) is 16.1. The lowest BCUT2D eigenvalue weighted by molar-refractivity contribution is -0.137. The summed E-state index contributed by atoms with van der Waals surface area (Å²) in [6, 6.07) is 5.67. The molecule has 152 valence electrons. The number of carbonyl (C=O) groups is 1. The highest BCUT2D eigenvalue weighted by Gasteiger charge is 2.34. The van der Waals surface area contributed by atoms with Gasteiger partial charge in [-0.1, -0.05) is 18.2 Å². The van der Waals surface area contributed by atoms with Gasteiger partial charge in [0.25, 0.3) is 0 Å². The smallest absolute Gasteiger partial charge is 0.416 e. The number of rotatable bonds is 3. The molecule has 0 bridgehead atoms. The normalized spacial score (nSPS) is 21.4. The molecule has 0 aromatic heterocycles. The van der Waals surface area contributed by atoms with E-state index in [0.29, 0.717) is 18.7 Å². The molecule has 1 unspecified atom stereocenters. The molecule has 1 saturated heterocycles. The molecule has 1 fully saturated rings. The van der Waals surface area contributed by atoms with Crippen molar-refractivity contribution in [3.05, 3.63) is 35.4 Å². The van der Waals surface area contributed by atoms with Crippen LogP contribution >= 0.6 is 0 Å². The predicted molar refractivity (Wildman–Crippen MR) is 98.3 cm³/mol. The Morgan fingerprint density at radius 3 is 2.52 bits per heavy atom. The first-order valence-electron chi connectivity index (χ1n) is 9.23. The first kappa shape index (κ1) is 21.5. The number of piperidine rings is 1. The number of hydrogen-bond donors (Lipinski definition) is 0. The van der Waals surface area contributed by atoms with E-state index in [-0.39, 0.29) is 18.2 Å². The quantitative estimate of drug-likeness (QED) is 0.739. The van der Waals surface area contributed by atoms with Crippen molar-refractivity contribution in [3.8, 4) is 0 Å². The van der Waals surface area contributed by atoms with E-state index in [1.807, 2.05) is 34.7 Å². The van der Waals surface area contributed by atoms with Gasteiger partial charge in [0.05, 0.1) is 5.56 Å². The second-order valence-electron chi connectivity index (χ2n) is 8.31. The maximum absolute atomic E-state index is 12.9. The molecule has 1 amide bonds. The lowest BCUT2D eigenvalue weighted by atomic mass is 9.97. The van der Waals surface area contributed by atoms with Crippen LogP contribution in [0, 0.1) is 0 Å². The van der Waals surface area contributed by atoms with Gasteiger partial charge in [-0.25, -0.2) is 4.79 Å². The first-order chi connectivity index (χ1) is 12.4. The molecule has 4 nitrogen and oxygen atoms in total. The number of halogens is 3. The van der Waals surface area contributed by atoms with Crippen LogP contribution in [0.25, 0.3) is 0 Å². The Morgan fingerprint density at radius 1 is 1.30 bits per heavy atom. The summed E-state index contributed by atoms with van der Waals surface area (Å²) in [7, 11) is 1.92. The molecule has 1 aromatic carbocycles. The van der Waals surface area contributed by atoms with Crippen molar-refractivity contribution >= 4 is 6.09 Å². The van der Waals surface area contributed by atoms with Crippen molar-refractivity contribution in [2.45, 2.75) is 70.9 Å². The molecule has 1 aromatic rings. The third kappa shape index (κ3) is 6.13. The zero-order chi connectivity index (χ0) is 20.4. The number of benzene rings is 1. The largest absolute Gasteiger partial charge is 0.444 e. The molecule has 0 aliphatic carbocycles. The van der Waals surface area contributed by atoms with Gasteiger partial charge in [0.2, 0.25) is 0 Å². The van der Waals surface area contributed by atoms with Gasteiger partial charge in [0.15, 0.2) is 0 Å². The average molecular weight is 386 g/mol. The van der Waals surface area contributed by atoms with Crippen LogP contribution in [-0.4, -0.2) is 47.2 Å². The van der Waals surface area contributed by atoms with Gasteiger partial charge >= 0.3 is 12.3 Å². The summed E-state index contributed by atoms with van der Waals surface area (Å²) in [6.45, 7) is 8.51. The number of alkyl halides is 3. The predicted octanol–water partition coefficient (Wildman–Crippen LogP) is 4.93. The van der Waals surface area contributed by atoms with Gasteiger partial charge < -0.3 is 9.64 Å². The van der Waals surface area contributed by atoms with Gasteiger partial charge in [-0.2, -0.15) is 13.2 Å². The summed E-state index contributed by atoms with van der Waals surface area (Å²) in [5.74, 6) is 0. The van der Waals surface area contributed by atoms with E-state index in [9.17, 15) is 18.0 Å². The van der Waals surface area contributed by atoms with E-state index < -0.39 is 17.3 Å². The minimum absolute atomic E-state index is 0.0163. The molecular formula is C20H29F3N2O2. The van der Waals surface area contributed by atoms with Gasteiger partial charge in [-0.05, 0) is 59.2 Å². The van der Waals surface area contributed by atoms with Gasteiger partial charge in [-0.3, -0.25) is 4.90 Å². The summed E-state index contributed by atoms with van der Waals surface area (Å²) in [6.07, 6.45) is -3.12. The maximum atomic E-state index is 12.9. The van der Waals surface area contributed by atoms with E-state index in [1.165, 1.54) is 12.1 Å². The number of hydrogen-bond acceptors (Lipinski definition) is 3. The van der Waals surface area contributed by atoms with Crippen LogP contribution in [0.4, 0.5) is 18.0 Å². The molecule has 2 atom stereocenters. The van der Waals surface area contributed by atoms with Crippen molar-refractivity contribution in [1.82, 2.24) is 9.80 Å². The third-order valence-electron chi connectivity index (χ3n) is 4.79. The van der Waals surface area contributed by atoms with E-state index in [2.05, 4.69) is 4.90 Å². The fraction of sp³-hybridized carbons (Fsp3) is 0.650. The number of likely N-dealkylation sites (tertiary alicyclic amines) is 1. The Labute approximate surface area is 159 Å². The van der Waals surface area contributed by atoms with E-state index >= 15 is 0 Å². The zero-order valence-electron chi connectivity index (χ0n) is 16.6. The SMILES string of the molecule is C[C@H]1CC(N(C)Cc2cccc(C(F)(F)F)c2)CCN1C(=O)OC(C)(C)C. The Kier molecular flexibility index (Phi) is 6.45. The Balaban J connectivity index is 1.96. The fourth-order valence-electron chi connectivity index (χ4n) is 3.40. The van der Waals surface area contributed by atoms with Crippen molar-refractivity contribution in [2.75, 3.05) is 13.6 Å². The Bertz CT molecular complexity index is 655. The zero-order valence-corrected chi connectivity index (χ0v) is 16.6. The summed E-state index contributed by atoms with van der Waals surface area (Å²) < 4.78 is 44.1. The van der Waals surface area contributed by atoms with E-state index in [0.717, 1.165) is 18.9 Å². The average Bonchev–Trinajstić information content (AvgIpc) is 2.52. The molecule has 0 spiro atoms. The number of amides is 1. The molecule has 0 saturated carbocycles. The standard InChI is InChI=1S/C20H29F3N2O2/c1-14-11-17(9-10-25(14)18(26)27-19(2,3)4)24(5)13-15-7-6-8-16(12-15)20(21,22)23/h6-8,12,14,17H,9-11,13H2,1-5H3/t14-,17?/m0/s1.